The van der Waals surface area contributed by atoms with Gasteiger partial charge in [-0.3, -0.25) is 9.69 Å². The minimum Gasteiger partial charge on any atom is -0.468 e. The summed E-state index contributed by atoms with van der Waals surface area (Å²) in [5.74, 6) is -0.390. The second-order valence-corrected chi connectivity index (χ2v) is 4.76. The van der Waals surface area contributed by atoms with E-state index in [4.69, 9.17) is 11.3 Å². The van der Waals surface area contributed by atoms with Gasteiger partial charge in [-0.25, -0.2) is 6.57 Å². The van der Waals surface area contributed by atoms with Crippen molar-refractivity contribution >= 4 is 12.3 Å². The van der Waals surface area contributed by atoms with Gasteiger partial charge in [-0.1, -0.05) is 30.3 Å². The average Bonchev–Trinajstić information content (AvgIpc) is 2.85. The first-order valence-electron chi connectivity index (χ1n) is 6.40. The average molecular weight is 272 g/mol. The van der Waals surface area contributed by atoms with Crippen molar-refractivity contribution in [3.05, 3.63) is 47.3 Å². The lowest BCUT2D eigenvalue weighted by molar-refractivity contribution is -0.146. The molecule has 0 saturated carbocycles. The van der Waals surface area contributed by atoms with Crippen LogP contribution in [0.2, 0.25) is 0 Å². The van der Waals surface area contributed by atoms with Crippen molar-refractivity contribution < 1.29 is 14.3 Å². The number of nitrogens with zero attached hydrogens (tertiary/aromatic N) is 2. The van der Waals surface area contributed by atoms with Crippen LogP contribution in [-0.4, -0.2) is 42.4 Å². The van der Waals surface area contributed by atoms with Crippen LogP contribution in [0.15, 0.2) is 30.3 Å². The second kappa shape index (κ2) is 6.31. The number of rotatable bonds is 4. The lowest BCUT2D eigenvalue weighted by atomic mass is 10.1. The topological polar surface area (TPSA) is 51.0 Å². The van der Waals surface area contributed by atoms with Gasteiger partial charge in [-0.15, -0.1) is 0 Å². The van der Waals surface area contributed by atoms with Crippen molar-refractivity contribution in [1.82, 2.24) is 4.90 Å². The molecule has 0 aliphatic carbocycles. The van der Waals surface area contributed by atoms with E-state index in [9.17, 15) is 9.59 Å². The van der Waals surface area contributed by atoms with Gasteiger partial charge in [0.15, 0.2) is 0 Å². The fourth-order valence-electron chi connectivity index (χ4n) is 2.61. The van der Waals surface area contributed by atoms with Crippen molar-refractivity contribution in [3.63, 3.8) is 0 Å². The molecule has 20 heavy (non-hydrogen) atoms. The van der Waals surface area contributed by atoms with Crippen molar-refractivity contribution in [2.45, 2.75) is 31.1 Å². The number of hydrogen-bond donors (Lipinski definition) is 0. The maximum Gasteiger partial charge on any atom is 0.323 e. The number of likely N-dealkylation sites (tertiary alicyclic amines) is 1. The van der Waals surface area contributed by atoms with Crippen LogP contribution in [0, 0.1) is 6.57 Å². The molecule has 1 unspecified atom stereocenters. The number of carbonyl (C=O) groups is 2. The quantitative estimate of drug-likeness (QED) is 0.471. The molecule has 0 amide bonds. The van der Waals surface area contributed by atoms with Crippen LogP contribution in [0.4, 0.5) is 0 Å². The summed E-state index contributed by atoms with van der Waals surface area (Å²) in [5, 5.41) is 0. The van der Waals surface area contributed by atoms with Gasteiger partial charge < -0.3 is 14.4 Å². The molecule has 1 heterocycles. The molecule has 3 atom stereocenters. The Bertz CT molecular complexity index is 524. The molecule has 0 spiro atoms. The SMILES string of the molecule is [C-]#[N+]C1C[C@H](C(=O)OC)N(Cc2ccccc2)[C@H]1C=O. The zero-order chi connectivity index (χ0) is 14.5. The van der Waals surface area contributed by atoms with Gasteiger partial charge in [0.25, 0.3) is 0 Å². The minimum absolute atomic E-state index is 0.340. The molecule has 5 heteroatoms. The first kappa shape index (κ1) is 14.2. The Balaban J connectivity index is 2.26. The molecule has 0 radical (unpaired) electrons. The molecule has 1 aliphatic rings. The zero-order valence-corrected chi connectivity index (χ0v) is 11.2. The highest BCUT2D eigenvalue weighted by Crippen LogP contribution is 2.28. The summed E-state index contributed by atoms with van der Waals surface area (Å²) in [6, 6.07) is 8.00. The predicted molar refractivity (Wildman–Crippen MR) is 72.6 cm³/mol. The van der Waals surface area contributed by atoms with Gasteiger partial charge >= 0.3 is 5.97 Å². The molecule has 1 saturated heterocycles. The van der Waals surface area contributed by atoms with Crippen LogP contribution in [0.3, 0.4) is 0 Å². The first-order chi connectivity index (χ1) is 9.71. The predicted octanol–water partition coefficient (Wildman–Crippen LogP) is 1.29. The third-order valence-corrected chi connectivity index (χ3v) is 3.63. The van der Waals surface area contributed by atoms with Crippen LogP contribution in [0.5, 0.6) is 0 Å². The van der Waals surface area contributed by atoms with Gasteiger partial charge in [0, 0.05) is 6.54 Å². The van der Waals surface area contributed by atoms with E-state index in [0.717, 1.165) is 11.8 Å². The van der Waals surface area contributed by atoms with Gasteiger partial charge in [-0.05, 0) is 5.56 Å². The largest absolute Gasteiger partial charge is 0.468 e. The van der Waals surface area contributed by atoms with Crippen LogP contribution >= 0.6 is 0 Å². The van der Waals surface area contributed by atoms with E-state index in [1.54, 1.807) is 4.90 Å². The van der Waals surface area contributed by atoms with E-state index in [2.05, 4.69) is 4.85 Å². The lowest BCUT2D eigenvalue weighted by Gasteiger charge is -2.24. The summed E-state index contributed by atoms with van der Waals surface area (Å²) >= 11 is 0. The fourth-order valence-corrected chi connectivity index (χ4v) is 2.61. The van der Waals surface area contributed by atoms with E-state index in [0.29, 0.717) is 13.0 Å². The Hall–Kier alpha value is -2.19. The molecular weight excluding hydrogens is 256 g/mol. The molecule has 104 valence electrons. The molecule has 5 nitrogen and oxygen atoms in total. The molecule has 0 aromatic heterocycles. The molecule has 1 aromatic carbocycles. The summed E-state index contributed by atoms with van der Waals surface area (Å²) in [4.78, 5) is 28.4. The Labute approximate surface area is 118 Å². The molecule has 1 aliphatic heterocycles. The maximum atomic E-state index is 11.9. The van der Waals surface area contributed by atoms with Crippen LogP contribution < -0.4 is 0 Å². The fraction of sp³-hybridized carbons (Fsp3) is 0.400. The van der Waals surface area contributed by atoms with Crippen molar-refractivity contribution in [2.75, 3.05) is 7.11 Å². The number of hydrogen-bond acceptors (Lipinski definition) is 4. The van der Waals surface area contributed by atoms with E-state index in [-0.39, 0.29) is 5.97 Å². The molecule has 2 rings (SSSR count). The molecule has 0 N–H and O–H groups in total. The summed E-state index contributed by atoms with van der Waals surface area (Å²) in [6.07, 6.45) is 1.10. The third-order valence-electron chi connectivity index (χ3n) is 3.63. The Morgan fingerprint density at radius 1 is 1.50 bits per heavy atom. The number of benzene rings is 1. The minimum atomic E-state index is -0.559. The van der Waals surface area contributed by atoms with E-state index in [1.165, 1.54) is 7.11 Å². The highest BCUT2D eigenvalue weighted by molar-refractivity contribution is 5.78. The molecule has 0 bridgehead atoms. The normalized spacial score (nSPS) is 25.9. The first-order valence-corrected chi connectivity index (χ1v) is 6.40. The van der Waals surface area contributed by atoms with E-state index >= 15 is 0 Å². The summed E-state index contributed by atoms with van der Waals surface area (Å²) in [6.45, 7) is 7.63. The van der Waals surface area contributed by atoms with Crippen molar-refractivity contribution in [3.8, 4) is 0 Å². The van der Waals surface area contributed by atoms with E-state index in [1.807, 2.05) is 30.3 Å². The summed E-state index contributed by atoms with van der Waals surface area (Å²) < 4.78 is 4.79. The Morgan fingerprint density at radius 3 is 2.75 bits per heavy atom. The van der Waals surface area contributed by atoms with Crippen LogP contribution in [-0.2, 0) is 20.9 Å². The Morgan fingerprint density at radius 2 is 2.20 bits per heavy atom. The lowest BCUT2D eigenvalue weighted by Crippen LogP contribution is -2.42. The van der Waals surface area contributed by atoms with Gasteiger partial charge in [0.05, 0.1) is 13.5 Å². The van der Waals surface area contributed by atoms with E-state index < -0.39 is 18.1 Å². The highest BCUT2D eigenvalue weighted by Gasteiger charge is 2.48. The van der Waals surface area contributed by atoms with Crippen molar-refractivity contribution in [2.24, 2.45) is 0 Å². The van der Waals surface area contributed by atoms with Crippen LogP contribution in [0.25, 0.3) is 4.85 Å². The number of methoxy groups -OCH3 is 1. The number of ether oxygens (including phenoxy) is 1. The van der Waals surface area contributed by atoms with Gasteiger partial charge in [0.1, 0.15) is 18.4 Å². The molecule has 1 aromatic rings. The van der Waals surface area contributed by atoms with Crippen molar-refractivity contribution in [1.29, 1.82) is 0 Å². The molecule has 1 fully saturated rings. The second-order valence-electron chi connectivity index (χ2n) is 4.76. The zero-order valence-electron chi connectivity index (χ0n) is 11.2. The standard InChI is InChI=1S/C15H16N2O3/c1-16-12-8-13(15(19)20-2)17(14(12)10-18)9-11-6-4-3-5-7-11/h3-7,10,12-14H,8-9H2,2H3/t12?,13-,14+/m1/s1. The van der Waals surface area contributed by atoms with Gasteiger partial charge in [0.2, 0.25) is 6.04 Å². The Kier molecular flexibility index (Phi) is 4.49. The number of esters is 1. The van der Waals surface area contributed by atoms with Crippen LogP contribution in [0.1, 0.15) is 12.0 Å². The smallest absolute Gasteiger partial charge is 0.323 e. The number of aldehydes is 1. The van der Waals surface area contributed by atoms with Gasteiger partial charge in [-0.2, -0.15) is 0 Å². The summed E-state index contributed by atoms with van der Waals surface area (Å²) in [5.41, 5.74) is 0.999. The highest BCUT2D eigenvalue weighted by atomic mass is 16.5. The maximum absolute atomic E-state index is 11.9. The number of carbonyl (C=O) groups excluding carboxylic acids is 2. The monoisotopic (exact) mass is 272 g/mol. The summed E-state index contributed by atoms with van der Waals surface area (Å²) in [7, 11) is 1.32. The third kappa shape index (κ3) is 2.70. The molecular formula is C15H16N2O3.